The normalized spacial score (nSPS) is 10.6. The van der Waals surface area contributed by atoms with Gasteiger partial charge in [0, 0.05) is 21.4 Å². The molecule has 0 unspecified atom stereocenters. The third-order valence-corrected chi connectivity index (χ3v) is 3.95. The monoisotopic (exact) mass is 326 g/mol. The van der Waals surface area contributed by atoms with Crippen LogP contribution in [0.4, 0.5) is 0 Å². The Morgan fingerprint density at radius 3 is 2.30 bits per heavy atom. The first kappa shape index (κ1) is 15.4. The number of ether oxygens (including phenoxy) is 2. The number of benzene rings is 3. The van der Waals surface area contributed by atoms with Crippen molar-refractivity contribution < 1.29 is 14.3 Å². The molecule has 0 amide bonds. The summed E-state index contributed by atoms with van der Waals surface area (Å²) in [5.41, 5.74) is 0.957. The van der Waals surface area contributed by atoms with E-state index < -0.39 is 0 Å². The maximum absolute atomic E-state index is 12.9. The number of halogens is 1. The molecule has 0 aliphatic carbocycles. The molecule has 0 fully saturated rings. The molecular formula is C19H15ClO3. The summed E-state index contributed by atoms with van der Waals surface area (Å²) in [6.45, 7) is 0. The zero-order valence-electron chi connectivity index (χ0n) is 12.8. The van der Waals surface area contributed by atoms with Crippen molar-refractivity contribution >= 4 is 28.2 Å². The Hall–Kier alpha value is -2.52. The zero-order chi connectivity index (χ0) is 16.4. The summed E-state index contributed by atoms with van der Waals surface area (Å²) in [5, 5.41) is 2.25. The van der Waals surface area contributed by atoms with Gasteiger partial charge in [-0.15, -0.1) is 0 Å². The molecule has 0 spiro atoms. The number of fused-ring (bicyclic) bond motifs is 1. The standard InChI is InChI=1S/C19H15ClO3/c1-22-17-11-16(18(21)12-6-5-7-13(20)10-12)19(23-2)15-9-4-3-8-14(15)17/h3-11H,1-2H3. The van der Waals surface area contributed by atoms with Gasteiger partial charge in [-0.3, -0.25) is 4.79 Å². The van der Waals surface area contributed by atoms with Crippen LogP contribution in [0.15, 0.2) is 54.6 Å². The van der Waals surface area contributed by atoms with Gasteiger partial charge in [-0.1, -0.05) is 48.0 Å². The second-order valence-electron chi connectivity index (χ2n) is 5.04. The molecule has 3 nitrogen and oxygen atoms in total. The van der Waals surface area contributed by atoms with Crippen molar-refractivity contribution in [2.24, 2.45) is 0 Å². The molecule has 0 aliphatic rings. The van der Waals surface area contributed by atoms with Crippen LogP contribution < -0.4 is 9.47 Å². The van der Waals surface area contributed by atoms with E-state index in [1.165, 1.54) is 0 Å². The smallest absolute Gasteiger partial charge is 0.196 e. The number of hydrogen-bond donors (Lipinski definition) is 0. The molecule has 0 saturated carbocycles. The fraction of sp³-hybridized carbons (Fsp3) is 0.105. The second-order valence-corrected chi connectivity index (χ2v) is 5.48. The number of carbonyl (C=O) groups excluding carboxylic acids is 1. The van der Waals surface area contributed by atoms with Crippen molar-refractivity contribution in [1.29, 1.82) is 0 Å². The first-order chi connectivity index (χ1) is 11.2. The summed E-state index contributed by atoms with van der Waals surface area (Å²) in [5.74, 6) is 1.01. The maximum atomic E-state index is 12.9. The molecular weight excluding hydrogens is 312 g/mol. The van der Waals surface area contributed by atoms with E-state index in [0.717, 1.165) is 10.8 Å². The molecule has 0 aromatic heterocycles. The van der Waals surface area contributed by atoms with Gasteiger partial charge in [-0.25, -0.2) is 0 Å². The molecule has 3 aromatic rings. The van der Waals surface area contributed by atoms with E-state index in [1.807, 2.05) is 24.3 Å². The summed E-state index contributed by atoms with van der Waals surface area (Å²) >= 11 is 6.00. The molecule has 3 rings (SSSR count). The summed E-state index contributed by atoms with van der Waals surface area (Å²) in [6, 6.07) is 16.2. The quantitative estimate of drug-likeness (QED) is 0.649. The first-order valence-electron chi connectivity index (χ1n) is 7.09. The number of ketones is 1. The SMILES string of the molecule is COc1cc(C(=O)c2cccc(Cl)c2)c(OC)c2ccccc12. The van der Waals surface area contributed by atoms with Crippen molar-refractivity contribution in [1.82, 2.24) is 0 Å². The molecule has 0 atom stereocenters. The Labute approximate surface area is 139 Å². The predicted molar refractivity (Wildman–Crippen MR) is 91.9 cm³/mol. The molecule has 3 aromatic carbocycles. The summed E-state index contributed by atoms with van der Waals surface area (Å²) in [4.78, 5) is 12.9. The first-order valence-corrected chi connectivity index (χ1v) is 7.47. The molecule has 0 radical (unpaired) electrons. The molecule has 116 valence electrons. The Bertz CT molecular complexity index is 887. The van der Waals surface area contributed by atoms with Gasteiger partial charge < -0.3 is 9.47 Å². The summed E-state index contributed by atoms with van der Waals surface area (Å²) in [7, 11) is 3.14. The van der Waals surface area contributed by atoms with Gasteiger partial charge in [0.1, 0.15) is 11.5 Å². The van der Waals surface area contributed by atoms with E-state index in [-0.39, 0.29) is 5.78 Å². The van der Waals surface area contributed by atoms with Crippen LogP contribution in [0.3, 0.4) is 0 Å². The number of hydrogen-bond acceptors (Lipinski definition) is 3. The van der Waals surface area contributed by atoms with Gasteiger partial charge in [0.15, 0.2) is 5.78 Å². The highest BCUT2D eigenvalue weighted by atomic mass is 35.5. The van der Waals surface area contributed by atoms with Crippen LogP contribution in [0, 0.1) is 0 Å². The van der Waals surface area contributed by atoms with Crippen LogP contribution in [0.1, 0.15) is 15.9 Å². The minimum absolute atomic E-state index is 0.159. The highest BCUT2D eigenvalue weighted by Gasteiger charge is 2.20. The average molecular weight is 327 g/mol. The van der Waals surface area contributed by atoms with Crippen molar-refractivity contribution in [3.05, 3.63) is 70.7 Å². The van der Waals surface area contributed by atoms with Gasteiger partial charge in [0.25, 0.3) is 0 Å². The van der Waals surface area contributed by atoms with E-state index >= 15 is 0 Å². The number of methoxy groups -OCH3 is 2. The van der Waals surface area contributed by atoms with E-state index in [4.69, 9.17) is 21.1 Å². The largest absolute Gasteiger partial charge is 0.496 e. The van der Waals surface area contributed by atoms with Crippen molar-refractivity contribution in [2.45, 2.75) is 0 Å². The molecule has 23 heavy (non-hydrogen) atoms. The van der Waals surface area contributed by atoms with Crippen molar-refractivity contribution in [3.63, 3.8) is 0 Å². The zero-order valence-corrected chi connectivity index (χ0v) is 13.6. The lowest BCUT2D eigenvalue weighted by Gasteiger charge is -2.14. The molecule has 0 bridgehead atoms. The van der Waals surface area contributed by atoms with Crippen LogP contribution in [0.25, 0.3) is 10.8 Å². The minimum Gasteiger partial charge on any atom is -0.496 e. The topological polar surface area (TPSA) is 35.5 Å². The highest BCUT2D eigenvalue weighted by molar-refractivity contribution is 6.31. The van der Waals surface area contributed by atoms with Crippen LogP contribution in [0.2, 0.25) is 5.02 Å². The number of carbonyl (C=O) groups is 1. The second kappa shape index (κ2) is 6.31. The Kier molecular flexibility index (Phi) is 4.22. The van der Waals surface area contributed by atoms with E-state index in [1.54, 1.807) is 44.6 Å². The van der Waals surface area contributed by atoms with Crippen molar-refractivity contribution in [3.8, 4) is 11.5 Å². The average Bonchev–Trinajstić information content (AvgIpc) is 2.59. The summed E-state index contributed by atoms with van der Waals surface area (Å²) < 4.78 is 11.0. The Morgan fingerprint density at radius 2 is 1.65 bits per heavy atom. The van der Waals surface area contributed by atoms with Crippen LogP contribution >= 0.6 is 11.6 Å². The van der Waals surface area contributed by atoms with Crippen LogP contribution in [-0.4, -0.2) is 20.0 Å². The summed E-state index contributed by atoms with van der Waals surface area (Å²) in [6.07, 6.45) is 0. The van der Waals surface area contributed by atoms with E-state index in [0.29, 0.717) is 27.6 Å². The molecule has 0 N–H and O–H groups in total. The fourth-order valence-corrected chi connectivity index (χ4v) is 2.85. The van der Waals surface area contributed by atoms with Gasteiger partial charge in [0.2, 0.25) is 0 Å². The van der Waals surface area contributed by atoms with E-state index in [9.17, 15) is 4.79 Å². The van der Waals surface area contributed by atoms with Crippen LogP contribution in [-0.2, 0) is 0 Å². The van der Waals surface area contributed by atoms with Crippen molar-refractivity contribution in [2.75, 3.05) is 14.2 Å². The maximum Gasteiger partial charge on any atom is 0.196 e. The predicted octanol–water partition coefficient (Wildman–Crippen LogP) is 4.74. The van der Waals surface area contributed by atoms with Gasteiger partial charge >= 0.3 is 0 Å². The van der Waals surface area contributed by atoms with E-state index in [2.05, 4.69) is 0 Å². The minimum atomic E-state index is -0.159. The lowest BCUT2D eigenvalue weighted by molar-refractivity contribution is 0.103. The Balaban J connectivity index is 2.26. The number of rotatable bonds is 4. The molecule has 0 heterocycles. The van der Waals surface area contributed by atoms with Gasteiger partial charge in [0.05, 0.1) is 19.8 Å². The molecule has 0 saturated heterocycles. The van der Waals surface area contributed by atoms with Gasteiger partial charge in [-0.2, -0.15) is 0 Å². The lowest BCUT2D eigenvalue weighted by atomic mass is 9.97. The fourth-order valence-electron chi connectivity index (χ4n) is 2.66. The lowest BCUT2D eigenvalue weighted by Crippen LogP contribution is -2.05. The van der Waals surface area contributed by atoms with Crippen LogP contribution in [0.5, 0.6) is 11.5 Å². The van der Waals surface area contributed by atoms with Gasteiger partial charge in [-0.05, 0) is 18.2 Å². The third-order valence-electron chi connectivity index (χ3n) is 3.71. The Morgan fingerprint density at radius 1 is 0.913 bits per heavy atom. The molecule has 4 heteroatoms. The highest BCUT2D eigenvalue weighted by Crippen LogP contribution is 2.37. The third kappa shape index (κ3) is 2.76. The molecule has 0 aliphatic heterocycles.